The van der Waals surface area contributed by atoms with Gasteiger partial charge in [0.05, 0.1) is 5.56 Å². The van der Waals surface area contributed by atoms with Gasteiger partial charge in [-0.25, -0.2) is 0 Å². The van der Waals surface area contributed by atoms with Gasteiger partial charge in [-0.15, -0.1) is 0 Å². The van der Waals surface area contributed by atoms with E-state index < -0.39 is 0 Å². The number of benzene rings is 1. The van der Waals surface area contributed by atoms with Crippen LogP contribution in [0.5, 0.6) is 11.5 Å². The predicted octanol–water partition coefficient (Wildman–Crippen LogP) is 2.52. The molecule has 0 aliphatic carbocycles. The van der Waals surface area contributed by atoms with Crippen molar-refractivity contribution < 1.29 is 14.7 Å². The standard InChI is InChI=1S/C14H11N3O3/c1-8-7-15-5-4-10(8)13-16-14(20-17-13)11-6-9(18)2-3-12(11)19/h2-7,18-19H,1H3. The summed E-state index contributed by atoms with van der Waals surface area (Å²) in [6.07, 6.45) is 3.35. The van der Waals surface area contributed by atoms with E-state index >= 15 is 0 Å². The Morgan fingerprint density at radius 1 is 1.10 bits per heavy atom. The number of nitrogens with zero attached hydrogens (tertiary/aromatic N) is 3. The quantitative estimate of drug-likeness (QED) is 0.694. The van der Waals surface area contributed by atoms with Crippen LogP contribution in [0.15, 0.2) is 41.2 Å². The summed E-state index contributed by atoms with van der Waals surface area (Å²) in [6, 6.07) is 5.90. The third-order valence-electron chi connectivity index (χ3n) is 2.90. The zero-order chi connectivity index (χ0) is 14.1. The van der Waals surface area contributed by atoms with Gasteiger partial charge in [-0.2, -0.15) is 4.98 Å². The Kier molecular flexibility index (Phi) is 2.83. The Morgan fingerprint density at radius 3 is 2.75 bits per heavy atom. The molecule has 6 nitrogen and oxygen atoms in total. The van der Waals surface area contributed by atoms with Crippen molar-refractivity contribution in [3.63, 3.8) is 0 Å². The van der Waals surface area contributed by atoms with Gasteiger partial charge in [0, 0.05) is 18.0 Å². The number of rotatable bonds is 2. The second-order valence-corrected chi connectivity index (χ2v) is 4.32. The Bertz CT molecular complexity index is 768. The Labute approximate surface area is 114 Å². The van der Waals surface area contributed by atoms with Crippen LogP contribution in [0.2, 0.25) is 0 Å². The Balaban J connectivity index is 2.07. The van der Waals surface area contributed by atoms with Crippen LogP contribution in [-0.4, -0.2) is 25.3 Å². The molecule has 0 fully saturated rings. The zero-order valence-corrected chi connectivity index (χ0v) is 10.6. The molecule has 0 spiro atoms. The molecule has 0 atom stereocenters. The number of hydrogen-bond donors (Lipinski definition) is 2. The molecule has 0 aliphatic heterocycles. The van der Waals surface area contributed by atoms with Crippen molar-refractivity contribution in [1.29, 1.82) is 0 Å². The highest BCUT2D eigenvalue weighted by Gasteiger charge is 2.15. The minimum absolute atomic E-state index is 0.0117. The van der Waals surface area contributed by atoms with E-state index in [9.17, 15) is 10.2 Å². The van der Waals surface area contributed by atoms with E-state index in [1.807, 2.05) is 6.92 Å². The molecule has 2 N–H and O–H groups in total. The van der Waals surface area contributed by atoms with Crippen LogP contribution in [0.25, 0.3) is 22.8 Å². The van der Waals surface area contributed by atoms with E-state index in [0.29, 0.717) is 5.82 Å². The molecule has 2 heterocycles. The molecule has 0 bridgehead atoms. The normalized spacial score (nSPS) is 10.7. The lowest BCUT2D eigenvalue weighted by Crippen LogP contribution is -1.86. The van der Waals surface area contributed by atoms with Gasteiger partial charge in [-0.05, 0) is 36.8 Å². The summed E-state index contributed by atoms with van der Waals surface area (Å²) in [4.78, 5) is 8.24. The van der Waals surface area contributed by atoms with E-state index in [2.05, 4.69) is 15.1 Å². The number of hydrogen-bond acceptors (Lipinski definition) is 6. The average molecular weight is 269 g/mol. The first-order chi connectivity index (χ1) is 9.65. The van der Waals surface area contributed by atoms with Gasteiger partial charge in [-0.3, -0.25) is 4.98 Å². The highest BCUT2D eigenvalue weighted by molar-refractivity contribution is 5.67. The van der Waals surface area contributed by atoms with Gasteiger partial charge >= 0.3 is 0 Å². The fraction of sp³-hybridized carbons (Fsp3) is 0.0714. The molecule has 3 rings (SSSR count). The first kappa shape index (κ1) is 12.2. The highest BCUT2D eigenvalue weighted by Crippen LogP contribution is 2.32. The van der Waals surface area contributed by atoms with E-state index in [-0.39, 0.29) is 23.0 Å². The molecule has 0 saturated heterocycles. The molecule has 20 heavy (non-hydrogen) atoms. The first-order valence-corrected chi connectivity index (χ1v) is 5.92. The summed E-state index contributed by atoms with van der Waals surface area (Å²) >= 11 is 0. The van der Waals surface area contributed by atoms with Crippen LogP contribution in [-0.2, 0) is 0 Å². The number of phenolic OH excluding ortho intramolecular Hbond substituents is 2. The third-order valence-corrected chi connectivity index (χ3v) is 2.90. The Hall–Kier alpha value is -2.89. The van der Waals surface area contributed by atoms with Crippen molar-refractivity contribution in [3.05, 3.63) is 42.2 Å². The molecule has 1 aromatic carbocycles. The number of aromatic hydroxyl groups is 2. The number of phenols is 2. The monoisotopic (exact) mass is 269 g/mol. The molecule has 0 unspecified atom stereocenters. The van der Waals surface area contributed by atoms with E-state index in [1.165, 1.54) is 18.2 Å². The van der Waals surface area contributed by atoms with Gasteiger partial charge in [0.1, 0.15) is 11.5 Å². The van der Waals surface area contributed by atoms with Crippen molar-refractivity contribution in [2.75, 3.05) is 0 Å². The lowest BCUT2D eigenvalue weighted by Gasteiger charge is -1.99. The molecule has 0 amide bonds. The molecule has 0 saturated carbocycles. The fourth-order valence-electron chi connectivity index (χ4n) is 1.86. The van der Waals surface area contributed by atoms with Gasteiger partial charge in [0.2, 0.25) is 5.82 Å². The van der Waals surface area contributed by atoms with Crippen molar-refractivity contribution in [2.45, 2.75) is 6.92 Å². The van der Waals surface area contributed by atoms with Gasteiger partial charge < -0.3 is 14.7 Å². The summed E-state index contributed by atoms with van der Waals surface area (Å²) in [6.45, 7) is 1.89. The minimum atomic E-state index is -0.0375. The number of aromatic nitrogens is 3. The lowest BCUT2D eigenvalue weighted by atomic mass is 10.1. The topological polar surface area (TPSA) is 92.3 Å². The molecule has 0 aliphatic rings. The summed E-state index contributed by atoms with van der Waals surface area (Å²) in [5.41, 5.74) is 2.00. The number of aryl methyl sites for hydroxylation is 1. The second kappa shape index (κ2) is 4.65. The van der Waals surface area contributed by atoms with Crippen LogP contribution >= 0.6 is 0 Å². The summed E-state index contributed by atoms with van der Waals surface area (Å²) in [5, 5.41) is 23.1. The van der Waals surface area contributed by atoms with Crippen LogP contribution < -0.4 is 0 Å². The van der Waals surface area contributed by atoms with Crippen molar-refractivity contribution >= 4 is 0 Å². The van der Waals surface area contributed by atoms with Crippen molar-refractivity contribution in [2.24, 2.45) is 0 Å². The van der Waals surface area contributed by atoms with Crippen LogP contribution in [0.4, 0.5) is 0 Å². The molecular formula is C14H11N3O3. The second-order valence-electron chi connectivity index (χ2n) is 4.32. The molecule has 3 aromatic rings. The summed E-state index contributed by atoms with van der Waals surface area (Å²) in [7, 11) is 0. The summed E-state index contributed by atoms with van der Waals surface area (Å²) < 4.78 is 5.14. The van der Waals surface area contributed by atoms with Gasteiger partial charge in [0.25, 0.3) is 5.89 Å². The lowest BCUT2D eigenvalue weighted by molar-refractivity contribution is 0.423. The maximum absolute atomic E-state index is 9.77. The molecule has 100 valence electrons. The molecule has 2 aromatic heterocycles. The fourth-order valence-corrected chi connectivity index (χ4v) is 1.86. The molecule has 0 radical (unpaired) electrons. The zero-order valence-electron chi connectivity index (χ0n) is 10.6. The van der Waals surface area contributed by atoms with Gasteiger partial charge in [0.15, 0.2) is 0 Å². The van der Waals surface area contributed by atoms with Crippen LogP contribution in [0.3, 0.4) is 0 Å². The van der Waals surface area contributed by atoms with Crippen molar-refractivity contribution in [1.82, 2.24) is 15.1 Å². The van der Waals surface area contributed by atoms with Crippen molar-refractivity contribution in [3.8, 4) is 34.3 Å². The largest absolute Gasteiger partial charge is 0.508 e. The highest BCUT2D eigenvalue weighted by atomic mass is 16.5. The minimum Gasteiger partial charge on any atom is -0.508 e. The first-order valence-electron chi connectivity index (χ1n) is 5.92. The van der Waals surface area contributed by atoms with E-state index in [1.54, 1.807) is 18.5 Å². The maximum Gasteiger partial charge on any atom is 0.262 e. The van der Waals surface area contributed by atoms with Gasteiger partial charge in [-0.1, -0.05) is 5.16 Å². The predicted molar refractivity (Wildman–Crippen MR) is 71.0 cm³/mol. The van der Waals surface area contributed by atoms with Crippen LogP contribution in [0.1, 0.15) is 5.56 Å². The third kappa shape index (κ3) is 2.07. The smallest absolute Gasteiger partial charge is 0.262 e. The van der Waals surface area contributed by atoms with Crippen LogP contribution in [0, 0.1) is 6.92 Å². The van der Waals surface area contributed by atoms with E-state index in [0.717, 1.165) is 11.1 Å². The SMILES string of the molecule is Cc1cnccc1-c1noc(-c2cc(O)ccc2O)n1. The molecule has 6 heteroatoms. The maximum atomic E-state index is 9.77. The number of pyridine rings is 1. The van der Waals surface area contributed by atoms with E-state index in [4.69, 9.17) is 4.52 Å². The average Bonchev–Trinajstić information content (AvgIpc) is 2.91. The molecular weight excluding hydrogens is 258 g/mol. The summed E-state index contributed by atoms with van der Waals surface area (Å²) in [5.74, 6) is 0.523. The Morgan fingerprint density at radius 2 is 1.95 bits per heavy atom.